The Morgan fingerprint density at radius 3 is 1.56 bits per heavy atom. The molecule has 0 atom stereocenters. The molecule has 0 unspecified atom stereocenters. The number of rotatable bonds is 11. The zero-order valence-electron chi connectivity index (χ0n) is 10.9. The molecule has 0 aliphatic carbocycles. The van der Waals surface area contributed by atoms with Gasteiger partial charge in [0.05, 0.1) is 0 Å². The van der Waals surface area contributed by atoms with Gasteiger partial charge < -0.3 is 0 Å². The van der Waals surface area contributed by atoms with Crippen molar-refractivity contribution < 1.29 is 0 Å². The fourth-order valence-electron chi connectivity index (χ4n) is 1.93. The van der Waals surface area contributed by atoms with Crippen LogP contribution < -0.4 is 0 Å². The zero-order chi connectivity index (χ0) is 11.9. The van der Waals surface area contributed by atoms with E-state index in [1.54, 1.807) is 0 Å². The third kappa shape index (κ3) is 13.8. The molecule has 0 aliphatic heterocycles. The first-order chi connectivity index (χ1) is 7.91. The van der Waals surface area contributed by atoms with Crippen LogP contribution in [0.25, 0.3) is 0 Å². The molecule has 0 heterocycles. The molecule has 0 saturated carbocycles. The summed E-state index contributed by atoms with van der Waals surface area (Å²) in [5, 5.41) is 2.54. The van der Waals surface area contributed by atoms with Crippen molar-refractivity contribution in [2.45, 2.75) is 84.0 Å². The van der Waals surface area contributed by atoms with Gasteiger partial charge in [0.25, 0.3) is 0 Å². The summed E-state index contributed by atoms with van der Waals surface area (Å²) >= 11 is 4.57. The topological polar surface area (TPSA) is 0 Å². The normalized spacial score (nSPS) is 9.81. The van der Waals surface area contributed by atoms with Gasteiger partial charge in [-0.05, 0) is 19.0 Å². The average Bonchev–Trinajstić information content (AvgIpc) is 2.31. The molecule has 0 saturated heterocycles. The number of hydrogen-bond acceptors (Lipinski definition) is 0. The predicted octanol–water partition coefficient (Wildman–Crippen LogP) is 5.85. The summed E-state index contributed by atoms with van der Waals surface area (Å²) in [4.78, 5) is 0. The summed E-state index contributed by atoms with van der Waals surface area (Å²) in [6, 6.07) is 0. The highest BCUT2D eigenvalue weighted by Crippen LogP contribution is 2.11. The largest absolute Gasteiger partial charge is 0.0865 e. The van der Waals surface area contributed by atoms with E-state index in [4.69, 9.17) is 0 Å². The number of hydrogen-bond donors (Lipinski definition) is 0. The Balaban J connectivity index is 2.89. The third-order valence-corrected chi connectivity index (χ3v) is 3.12. The van der Waals surface area contributed by atoms with Crippen molar-refractivity contribution >= 4 is 12.6 Å². The fourth-order valence-corrected chi connectivity index (χ4v) is 2.03. The second kappa shape index (κ2) is 14.8. The Hall–Kier alpha value is -0.220. The van der Waals surface area contributed by atoms with Gasteiger partial charge in [-0.1, -0.05) is 77.1 Å². The Labute approximate surface area is 108 Å². The van der Waals surface area contributed by atoms with E-state index in [0.717, 1.165) is 6.42 Å². The minimum Gasteiger partial charge on any atom is -0.0865 e. The molecule has 0 aromatic carbocycles. The van der Waals surface area contributed by atoms with Gasteiger partial charge in [-0.15, -0.1) is 0 Å². The molecule has 0 spiro atoms. The zero-order valence-corrected chi connectivity index (χ0v) is 11.7. The van der Waals surface area contributed by atoms with E-state index >= 15 is 0 Å². The Morgan fingerprint density at radius 1 is 0.688 bits per heavy atom. The molecular weight excluding hydrogens is 212 g/mol. The van der Waals surface area contributed by atoms with E-state index in [9.17, 15) is 0 Å². The van der Waals surface area contributed by atoms with Gasteiger partial charge in [0.2, 0.25) is 0 Å². The summed E-state index contributed by atoms with van der Waals surface area (Å²) in [6.07, 6.45) is 16.3. The lowest BCUT2D eigenvalue weighted by Gasteiger charge is -2.01. The maximum absolute atomic E-state index is 4.57. The molecule has 0 amide bonds. The van der Waals surface area contributed by atoms with Crippen LogP contribution in [-0.4, -0.2) is 0 Å². The van der Waals surface area contributed by atoms with Crippen LogP contribution in [0.5, 0.6) is 0 Å². The molecule has 0 aliphatic rings. The molecule has 93 valence electrons. The summed E-state index contributed by atoms with van der Waals surface area (Å²) in [7, 11) is 0. The third-order valence-electron chi connectivity index (χ3n) is 2.98. The smallest absolute Gasteiger partial charge is 0.0101 e. The van der Waals surface area contributed by atoms with Gasteiger partial charge in [0.1, 0.15) is 0 Å². The van der Waals surface area contributed by atoms with Crippen molar-refractivity contribution in [1.29, 1.82) is 0 Å². The lowest BCUT2D eigenvalue weighted by atomic mass is 10.1. The quantitative estimate of drug-likeness (QED) is 0.313. The Kier molecular flexibility index (Phi) is 14.6. The van der Waals surface area contributed by atoms with Gasteiger partial charge in [0, 0.05) is 11.7 Å². The first kappa shape index (κ1) is 15.8. The van der Waals surface area contributed by atoms with Crippen LogP contribution in [0, 0.1) is 11.2 Å². The molecule has 0 nitrogen and oxygen atoms in total. The first-order valence-electron chi connectivity index (χ1n) is 7.01. The van der Waals surface area contributed by atoms with Crippen molar-refractivity contribution in [2.75, 3.05) is 0 Å². The second-order valence-corrected chi connectivity index (χ2v) is 4.77. The molecule has 0 N–H and O–H groups in total. The van der Waals surface area contributed by atoms with Crippen LogP contribution in [0.3, 0.4) is 0 Å². The van der Waals surface area contributed by atoms with Gasteiger partial charge in [-0.2, -0.15) is 0 Å². The van der Waals surface area contributed by atoms with Crippen LogP contribution in [0.15, 0.2) is 0 Å². The van der Waals surface area contributed by atoms with E-state index in [2.05, 4.69) is 30.7 Å². The molecule has 0 bridgehead atoms. The molecule has 0 aromatic heterocycles. The molecule has 16 heavy (non-hydrogen) atoms. The van der Waals surface area contributed by atoms with Gasteiger partial charge in [-0.3, -0.25) is 0 Å². The maximum atomic E-state index is 4.57. The lowest BCUT2D eigenvalue weighted by Crippen LogP contribution is -1.81. The van der Waals surface area contributed by atoms with E-state index < -0.39 is 0 Å². The highest BCUT2D eigenvalue weighted by molar-refractivity contribution is 7.85. The van der Waals surface area contributed by atoms with Crippen molar-refractivity contribution in [3.8, 4) is 11.2 Å². The van der Waals surface area contributed by atoms with Crippen LogP contribution in [0.4, 0.5) is 0 Å². The SMILES string of the molecule is CCCCCCCCCCCCCC#C[S]. The lowest BCUT2D eigenvalue weighted by molar-refractivity contribution is 0.551. The van der Waals surface area contributed by atoms with Crippen molar-refractivity contribution in [3.63, 3.8) is 0 Å². The Morgan fingerprint density at radius 2 is 1.12 bits per heavy atom. The summed E-state index contributed by atoms with van der Waals surface area (Å²) < 4.78 is 0. The van der Waals surface area contributed by atoms with E-state index in [1.807, 2.05) is 0 Å². The van der Waals surface area contributed by atoms with Gasteiger partial charge in [0.15, 0.2) is 0 Å². The molecule has 0 aromatic rings. The van der Waals surface area contributed by atoms with Crippen molar-refractivity contribution in [2.24, 2.45) is 0 Å². The molecule has 0 rings (SSSR count). The molecular formula is C15H27S. The summed E-state index contributed by atoms with van der Waals surface area (Å²) in [5.41, 5.74) is 0. The highest BCUT2D eigenvalue weighted by Gasteiger charge is 1.92. The standard InChI is InChI=1S/C15H27S/c1-2-3-4-5-6-7-8-9-10-11-12-13-14-15-16/h2-13H2,1H3. The summed E-state index contributed by atoms with van der Waals surface area (Å²) in [6.45, 7) is 2.27. The molecule has 1 heteroatoms. The minimum atomic E-state index is 1.00. The van der Waals surface area contributed by atoms with E-state index in [1.165, 1.54) is 70.6 Å². The second-order valence-electron chi connectivity index (χ2n) is 4.56. The van der Waals surface area contributed by atoms with Crippen LogP contribution in [0.2, 0.25) is 0 Å². The first-order valence-corrected chi connectivity index (χ1v) is 7.42. The van der Waals surface area contributed by atoms with E-state index in [0.29, 0.717) is 0 Å². The van der Waals surface area contributed by atoms with Gasteiger partial charge >= 0.3 is 0 Å². The van der Waals surface area contributed by atoms with Gasteiger partial charge in [-0.25, -0.2) is 0 Å². The Bertz CT molecular complexity index is 176. The highest BCUT2D eigenvalue weighted by atomic mass is 32.1. The van der Waals surface area contributed by atoms with E-state index in [-0.39, 0.29) is 0 Å². The fraction of sp³-hybridized carbons (Fsp3) is 0.867. The predicted molar refractivity (Wildman–Crippen MR) is 76.4 cm³/mol. The monoisotopic (exact) mass is 239 g/mol. The summed E-state index contributed by atoms with van der Waals surface area (Å²) in [5.74, 6) is 2.94. The number of unbranched alkanes of at least 4 members (excludes halogenated alkanes) is 11. The maximum Gasteiger partial charge on any atom is 0.0101 e. The minimum absolute atomic E-state index is 1.00. The van der Waals surface area contributed by atoms with Crippen molar-refractivity contribution in [3.05, 3.63) is 0 Å². The molecule has 1 radical (unpaired) electrons. The molecule has 0 fully saturated rings. The average molecular weight is 239 g/mol. The van der Waals surface area contributed by atoms with Crippen LogP contribution in [0.1, 0.15) is 84.0 Å². The van der Waals surface area contributed by atoms with Crippen LogP contribution in [-0.2, 0) is 0 Å². The van der Waals surface area contributed by atoms with Crippen molar-refractivity contribution in [1.82, 2.24) is 0 Å². The van der Waals surface area contributed by atoms with Crippen LogP contribution >= 0.6 is 12.6 Å².